The van der Waals surface area contributed by atoms with Crippen LogP contribution in [0.1, 0.15) is 16.8 Å². The van der Waals surface area contributed by atoms with E-state index in [1.807, 2.05) is 4.90 Å². The highest BCUT2D eigenvalue weighted by Gasteiger charge is 2.31. The van der Waals surface area contributed by atoms with Crippen LogP contribution >= 0.6 is 0 Å². The van der Waals surface area contributed by atoms with Crippen molar-refractivity contribution in [3.63, 3.8) is 0 Å². The summed E-state index contributed by atoms with van der Waals surface area (Å²) in [5.41, 5.74) is 0.910. The molecule has 1 aromatic carbocycles. The maximum absolute atomic E-state index is 12.2. The molecule has 1 aliphatic heterocycles. The van der Waals surface area contributed by atoms with E-state index in [2.05, 4.69) is 15.0 Å². The summed E-state index contributed by atoms with van der Waals surface area (Å²) >= 11 is 0. The van der Waals surface area contributed by atoms with Gasteiger partial charge in [-0.3, -0.25) is 9.59 Å². The van der Waals surface area contributed by atoms with Gasteiger partial charge in [0.1, 0.15) is 5.75 Å². The maximum atomic E-state index is 12.2. The molecule has 0 spiro atoms. The number of benzene rings is 1. The highest BCUT2D eigenvalue weighted by atomic mass is 19.4. The number of aromatic nitrogens is 1. The number of anilines is 1. The fraction of sp³-hybridized carbons (Fsp3) is 0.333. The van der Waals surface area contributed by atoms with E-state index in [0.717, 1.165) is 18.7 Å². The van der Waals surface area contributed by atoms with Gasteiger partial charge < -0.3 is 19.9 Å². The SMILES string of the molecule is O=C(NC[C@@H]1CCN(c2ccc(OC(F)(F)F)cc2)C1)c1ccc(=O)[nH]c1. The Morgan fingerprint density at radius 2 is 1.96 bits per heavy atom. The average Bonchev–Trinajstić information content (AvgIpc) is 3.08. The van der Waals surface area contributed by atoms with E-state index < -0.39 is 6.36 Å². The number of H-pyrrole nitrogens is 1. The van der Waals surface area contributed by atoms with Gasteiger partial charge in [0.2, 0.25) is 5.56 Å². The molecule has 1 saturated heterocycles. The molecule has 0 aliphatic carbocycles. The number of amides is 1. The van der Waals surface area contributed by atoms with Crippen molar-refractivity contribution in [2.75, 3.05) is 24.5 Å². The van der Waals surface area contributed by atoms with Crippen molar-refractivity contribution in [2.45, 2.75) is 12.8 Å². The van der Waals surface area contributed by atoms with Gasteiger partial charge in [-0.05, 0) is 42.7 Å². The number of pyridine rings is 1. The number of halogens is 3. The molecule has 0 radical (unpaired) electrons. The summed E-state index contributed by atoms with van der Waals surface area (Å²) in [5, 5.41) is 2.83. The summed E-state index contributed by atoms with van der Waals surface area (Å²) in [6.07, 6.45) is -2.49. The van der Waals surface area contributed by atoms with Crippen molar-refractivity contribution in [1.29, 1.82) is 0 Å². The van der Waals surface area contributed by atoms with Crippen LogP contribution in [0.4, 0.5) is 18.9 Å². The number of nitrogens with zero attached hydrogens (tertiary/aromatic N) is 1. The van der Waals surface area contributed by atoms with Crippen molar-refractivity contribution in [3.8, 4) is 5.75 Å². The van der Waals surface area contributed by atoms with Gasteiger partial charge >= 0.3 is 6.36 Å². The number of rotatable bonds is 5. The molecule has 1 atom stereocenters. The number of alkyl halides is 3. The van der Waals surface area contributed by atoms with Crippen molar-refractivity contribution < 1.29 is 22.7 Å². The Kier molecular flexibility index (Phi) is 5.38. The molecule has 0 unspecified atom stereocenters. The molecule has 9 heteroatoms. The predicted molar refractivity (Wildman–Crippen MR) is 92.8 cm³/mol. The molecule has 0 bridgehead atoms. The van der Waals surface area contributed by atoms with Crippen molar-refractivity contribution in [2.24, 2.45) is 5.92 Å². The number of hydrogen-bond acceptors (Lipinski definition) is 4. The second-order valence-electron chi connectivity index (χ2n) is 6.29. The molecule has 1 aliphatic rings. The van der Waals surface area contributed by atoms with E-state index in [1.165, 1.54) is 30.5 Å². The highest BCUT2D eigenvalue weighted by molar-refractivity contribution is 5.93. The first-order valence-corrected chi connectivity index (χ1v) is 8.38. The zero-order valence-corrected chi connectivity index (χ0v) is 14.3. The van der Waals surface area contributed by atoms with Gasteiger partial charge in [0.15, 0.2) is 0 Å². The lowest BCUT2D eigenvalue weighted by Crippen LogP contribution is -2.31. The van der Waals surface area contributed by atoms with Crippen LogP contribution in [0.25, 0.3) is 0 Å². The summed E-state index contributed by atoms with van der Waals surface area (Å²) in [5.74, 6) is -0.295. The zero-order valence-electron chi connectivity index (χ0n) is 14.3. The van der Waals surface area contributed by atoms with Crippen LogP contribution in [0.15, 0.2) is 47.4 Å². The van der Waals surface area contributed by atoms with Crippen LogP contribution in [0.5, 0.6) is 5.75 Å². The van der Waals surface area contributed by atoms with Gasteiger partial charge in [-0.15, -0.1) is 13.2 Å². The lowest BCUT2D eigenvalue weighted by atomic mass is 10.1. The monoisotopic (exact) mass is 381 g/mol. The Balaban J connectivity index is 1.50. The fourth-order valence-electron chi connectivity index (χ4n) is 2.98. The molecule has 6 nitrogen and oxygen atoms in total. The molecule has 1 aromatic heterocycles. The third kappa shape index (κ3) is 5.25. The normalized spacial score (nSPS) is 17.0. The topological polar surface area (TPSA) is 74.4 Å². The highest BCUT2D eigenvalue weighted by Crippen LogP contribution is 2.28. The van der Waals surface area contributed by atoms with Gasteiger partial charge in [-0.1, -0.05) is 0 Å². The van der Waals surface area contributed by atoms with Gasteiger partial charge in [0.25, 0.3) is 5.91 Å². The van der Waals surface area contributed by atoms with E-state index in [-0.39, 0.29) is 23.1 Å². The van der Waals surface area contributed by atoms with Gasteiger partial charge in [-0.2, -0.15) is 0 Å². The molecule has 1 fully saturated rings. The molecular formula is C18H18F3N3O3. The number of carbonyl (C=O) groups excluding carboxylic acids is 1. The largest absolute Gasteiger partial charge is 0.573 e. The molecular weight excluding hydrogens is 363 g/mol. The summed E-state index contributed by atoms with van der Waals surface area (Å²) in [4.78, 5) is 27.6. The van der Waals surface area contributed by atoms with Crippen LogP contribution in [0.2, 0.25) is 0 Å². The number of hydrogen-bond donors (Lipinski definition) is 2. The quantitative estimate of drug-likeness (QED) is 0.835. The summed E-state index contributed by atoms with van der Waals surface area (Å²) < 4.78 is 40.5. The molecule has 2 aromatic rings. The Morgan fingerprint density at radius 3 is 2.59 bits per heavy atom. The molecule has 27 heavy (non-hydrogen) atoms. The Bertz CT molecular complexity index is 829. The predicted octanol–water partition coefficient (Wildman–Crippen LogP) is 2.53. The fourth-order valence-corrected chi connectivity index (χ4v) is 2.98. The Morgan fingerprint density at radius 1 is 1.22 bits per heavy atom. The molecule has 2 N–H and O–H groups in total. The Labute approximate surface area is 152 Å². The minimum atomic E-state index is -4.70. The van der Waals surface area contributed by atoms with Gasteiger partial charge in [-0.25, -0.2) is 0 Å². The molecule has 2 heterocycles. The first kappa shape index (κ1) is 18.8. The van der Waals surface area contributed by atoms with Crippen molar-refractivity contribution in [1.82, 2.24) is 10.3 Å². The Hall–Kier alpha value is -2.97. The van der Waals surface area contributed by atoms with Gasteiger partial charge in [0, 0.05) is 37.6 Å². The minimum Gasteiger partial charge on any atom is -0.406 e. The van der Waals surface area contributed by atoms with Crippen LogP contribution in [-0.4, -0.2) is 36.9 Å². The van der Waals surface area contributed by atoms with E-state index in [9.17, 15) is 22.8 Å². The third-order valence-corrected chi connectivity index (χ3v) is 4.32. The van der Waals surface area contributed by atoms with Crippen LogP contribution < -0.4 is 20.5 Å². The average molecular weight is 381 g/mol. The molecule has 1 amide bonds. The lowest BCUT2D eigenvalue weighted by Gasteiger charge is -2.19. The number of nitrogens with one attached hydrogen (secondary N) is 2. The van der Waals surface area contributed by atoms with E-state index >= 15 is 0 Å². The lowest BCUT2D eigenvalue weighted by molar-refractivity contribution is -0.274. The summed E-state index contributed by atoms with van der Waals surface area (Å²) in [7, 11) is 0. The second-order valence-corrected chi connectivity index (χ2v) is 6.29. The van der Waals surface area contributed by atoms with Gasteiger partial charge in [0.05, 0.1) is 5.56 Å². The third-order valence-electron chi connectivity index (χ3n) is 4.32. The van der Waals surface area contributed by atoms with E-state index in [0.29, 0.717) is 18.7 Å². The van der Waals surface area contributed by atoms with E-state index in [1.54, 1.807) is 12.1 Å². The van der Waals surface area contributed by atoms with Crippen LogP contribution in [0, 0.1) is 5.92 Å². The second kappa shape index (κ2) is 7.73. The smallest absolute Gasteiger partial charge is 0.406 e. The first-order valence-electron chi connectivity index (χ1n) is 8.38. The molecule has 3 rings (SSSR count). The zero-order chi connectivity index (χ0) is 19.4. The maximum Gasteiger partial charge on any atom is 0.573 e. The summed E-state index contributed by atoms with van der Waals surface area (Å²) in [6, 6.07) is 8.49. The van der Waals surface area contributed by atoms with Crippen molar-refractivity contribution in [3.05, 3.63) is 58.5 Å². The van der Waals surface area contributed by atoms with Crippen LogP contribution in [-0.2, 0) is 0 Å². The summed E-state index contributed by atoms with van der Waals surface area (Å²) in [6.45, 7) is 1.91. The minimum absolute atomic E-state index is 0.225. The number of ether oxygens (including phenoxy) is 1. The van der Waals surface area contributed by atoms with Crippen molar-refractivity contribution >= 4 is 11.6 Å². The molecule has 0 saturated carbocycles. The molecule has 144 valence electrons. The van der Waals surface area contributed by atoms with E-state index in [4.69, 9.17) is 0 Å². The standard InChI is InChI=1S/C18H18F3N3O3/c19-18(20,21)27-15-4-2-14(3-5-15)24-8-7-12(11-24)9-23-17(26)13-1-6-16(25)22-10-13/h1-6,10,12H,7-9,11H2,(H,22,25)(H,23,26)/t12-/m0/s1. The number of carbonyl (C=O) groups is 1. The number of aromatic amines is 1. The first-order chi connectivity index (χ1) is 12.8. The van der Waals surface area contributed by atoms with Crippen LogP contribution in [0.3, 0.4) is 0 Å².